The molecule has 0 amide bonds. The van der Waals surface area contributed by atoms with Gasteiger partial charge in [-0.1, -0.05) is 6.07 Å². The first-order valence-corrected chi connectivity index (χ1v) is 6.35. The van der Waals surface area contributed by atoms with Crippen molar-refractivity contribution in [1.29, 1.82) is 0 Å². The van der Waals surface area contributed by atoms with Crippen LogP contribution >= 0.6 is 0 Å². The van der Waals surface area contributed by atoms with Crippen LogP contribution in [0.3, 0.4) is 0 Å². The standard InChI is InChI=1S/C14H19NO4/c1-3-18-13(16)8-19-14-11-7-10(17-2)5-4-9(11)6-12(14)15/h4-5,7,12,14H,3,6,8,15H2,1-2H3. The van der Waals surface area contributed by atoms with Crippen molar-refractivity contribution in [1.82, 2.24) is 0 Å². The minimum atomic E-state index is -0.369. The molecule has 2 atom stereocenters. The van der Waals surface area contributed by atoms with Gasteiger partial charge in [0.05, 0.1) is 19.8 Å². The summed E-state index contributed by atoms with van der Waals surface area (Å²) < 4.78 is 15.6. The number of fused-ring (bicyclic) bond motifs is 1. The molecule has 1 aromatic rings. The Morgan fingerprint density at radius 1 is 1.47 bits per heavy atom. The summed E-state index contributed by atoms with van der Waals surface area (Å²) in [5.41, 5.74) is 8.20. The highest BCUT2D eigenvalue weighted by Gasteiger charge is 2.31. The molecule has 2 unspecified atom stereocenters. The summed E-state index contributed by atoms with van der Waals surface area (Å²) in [4.78, 5) is 11.3. The third-order valence-electron chi connectivity index (χ3n) is 3.19. The van der Waals surface area contributed by atoms with Crippen LogP contribution < -0.4 is 10.5 Å². The third kappa shape index (κ3) is 3.05. The molecular weight excluding hydrogens is 246 g/mol. The largest absolute Gasteiger partial charge is 0.497 e. The number of ether oxygens (including phenoxy) is 3. The van der Waals surface area contributed by atoms with Crippen molar-refractivity contribution in [3.05, 3.63) is 29.3 Å². The van der Waals surface area contributed by atoms with Gasteiger partial charge in [-0.05, 0) is 36.6 Å². The molecule has 0 fully saturated rings. The van der Waals surface area contributed by atoms with Crippen LogP contribution in [0.25, 0.3) is 0 Å². The fourth-order valence-corrected chi connectivity index (χ4v) is 2.32. The van der Waals surface area contributed by atoms with Crippen molar-refractivity contribution < 1.29 is 19.0 Å². The average Bonchev–Trinajstić information content (AvgIpc) is 2.71. The van der Waals surface area contributed by atoms with E-state index < -0.39 is 0 Å². The Kier molecular flexibility index (Phi) is 4.39. The highest BCUT2D eigenvalue weighted by Crippen LogP contribution is 2.35. The molecular formula is C14H19NO4. The molecule has 0 bridgehead atoms. The first kappa shape index (κ1) is 13.8. The van der Waals surface area contributed by atoms with Crippen LogP contribution in [0.1, 0.15) is 24.2 Å². The van der Waals surface area contributed by atoms with E-state index in [0.717, 1.165) is 23.3 Å². The van der Waals surface area contributed by atoms with Gasteiger partial charge in [0.2, 0.25) is 0 Å². The van der Waals surface area contributed by atoms with Gasteiger partial charge >= 0.3 is 5.97 Å². The smallest absolute Gasteiger partial charge is 0.332 e. The van der Waals surface area contributed by atoms with E-state index in [2.05, 4.69) is 0 Å². The number of hydrogen-bond acceptors (Lipinski definition) is 5. The van der Waals surface area contributed by atoms with E-state index in [0.29, 0.717) is 6.61 Å². The number of carbonyl (C=O) groups excluding carboxylic acids is 1. The van der Waals surface area contributed by atoms with Crippen LogP contribution in [0, 0.1) is 0 Å². The lowest BCUT2D eigenvalue weighted by molar-refractivity contribution is -0.150. The van der Waals surface area contributed by atoms with Crippen LogP contribution in [-0.4, -0.2) is 32.3 Å². The Morgan fingerprint density at radius 2 is 2.26 bits per heavy atom. The topological polar surface area (TPSA) is 70.8 Å². The van der Waals surface area contributed by atoms with Gasteiger partial charge in [0.15, 0.2) is 0 Å². The molecule has 0 radical (unpaired) electrons. The molecule has 0 aromatic heterocycles. The number of nitrogens with two attached hydrogens (primary N) is 1. The maximum Gasteiger partial charge on any atom is 0.332 e. The summed E-state index contributed by atoms with van der Waals surface area (Å²) >= 11 is 0. The minimum Gasteiger partial charge on any atom is -0.497 e. The van der Waals surface area contributed by atoms with Gasteiger partial charge in [-0.15, -0.1) is 0 Å². The van der Waals surface area contributed by atoms with Crippen molar-refractivity contribution in [2.75, 3.05) is 20.3 Å². The van der Waals surface area contributed by atoms with E-state index in [1.807, 2.05) is 18.2 Å². The fraction of sp³-hybridized carbons (Fsp3) is 0.500. The van der Waals surface area contributed by atoms with Gasteiger partial charge in [-0.25, -0.2) is 4.79 Å². The Bertz CT molecular complexity index is 461. The third-order valence-corrected chi connectivity index (χ3v) is 3.19. The van der Waals surface area contributed by atoms with E-state index in [1.54, 1.807) is 14.0 Å². The zero-order chi connectivity index (χ0) is 13.8. The number of carbonyl (C=O) groups is 1. The van der Waals surface area contributed by atoms with E-state index in [1.165, 1.54) is 0 Å². The van der Waals surface area contributed by atoms with Crippen LogP contribution in [-0.2, 0) is 20.7 Å². The predicted molar refractivity (Wildman–Crippen MR) is 70.0 cm³/mol. The average molecular weight is 265 g/mol. The zero-order valence-corrected chi connectivity index (χ0v) is 11.2. The molecule has 2 N–H and O–H groups in total. The lowest BCUT2D eigenvalue weighted by atomic mass is 10.1. The monoisotopic (exact) mass is 265 g/mol. The number of hydrogen-bond donors (Lipinski definition) is 1. The van der Waals surface area contributed by atoms with E-state index in [9.17, 15) is 4.79 Å². The van der Waals surface area contributed by atoms with Crippen LogP contribution in [0.2, 0.25) is 0 Å². The Balaban J connectivity index is 2.08. The van der Waals surface area contributed by atoms with Gasteiger partial charge < -0.3 is 19.9 Å². The summed E-state index contributed by atoms with van der Waals surface area (Å²) in [6.07, 6.45) is 0.460. The summed E-state index contributed by atoms with van der Waals surface area (Å²) in [7, 11) is 1.62. The zero-order valence-electron chi connectivity index (χ0n) is 11.2. The van der Waals surface area contributed by atoms with E-state index in [4.69, 9.17) is 19.9 Å². The lowest BCUT2D eigenvalue weighted by Crippen LogP contribution is -2.28. The maximum atomic E-state index is 11.3. The first-order chi connectivity index (χ1) is 9.15. The lowest BCUT2D eigenvalue weighted by Gasteiger charge is -2.17. The molecule has 5 nitrogen and oxygen atoms in total. The second kappa shape index (κ2) is 6.04. The van der Waals surface area contributed by atoms with Crippen molar-refractivity contribution in [2.45, 2.75) is 25.5 Å². The predicted octanol–water partition coefficient (Wildman–Crippen LogP) is 1.20. The second-order valence-corrected chi connectivity index (χ2v) is 4.47. The first-order valence-electron chi connectivity index (χ1n) is 6.35. The van der Waals surface area contributed by atoms with Crippen LogP contribution in [0.15, 0.2) is 18.2 Å². The van der Waals surface area contributed by atoms with Gasteiger partial charge in [-0.3, -0.25) is 0 Å². The molecule has 1 aromatic carbocycles. The molecule has 0 heterocycles. The number of esters is 1. The van der Waals surface area contributed by atoms with E-state index >= 15 is 0 Å². The second-order valence-electron chi connectivity index (χ2n) is 4.47. The minimum absolute atomic E-state index is 0.0805. The van der Waals surface area contributed by atoms with Crippen LogP contribution in [0.5, 0.6) is 5.75 Å². The molecule has 0 aliphatic heterocycles. The van der Waals surface area contributed by atoms with Crippen molar-refractivity contribution >= 4 is 5.97 Å². The molecule has 5 heteroatoms. The summed E-state index contributed by atoms with van der Waals surface area (Å²) in [6.45, 7) is 2.03. The molecule has 19 heavy (non-hydrogen) atoms. The normalized spacial score (nSPS) is 21.0. The van der Waals surface area contributed by atoms with Crippen molar-refractivity contribution in [2.24, 2.45) is 5.73 Å². The number of rotatable bonds is 5. The maximum absolute atomic E-state index is 11.3. The van der Waals surface area contributed by atoms with Gasteiger partial charge in [0.1, 0.15) is 12.4 Å². The Labute approximate surface area is 112 Å². The highest BCUT2D eigenvalue weighted by molar-refractivity contribution is 5.70. The summed E-state index contributed by atoms with van der Waals surface area (Å²) in [5.74, 6) is 0.392. The highest BCUT2D eigenvalue weighted by atomic mass is 16.6. The SMILES string of the molecule is CCOC(=O)COC1c2cc(OC)ccc2CC1N. The molecule has 104 valence electrons. The van der Waals surface area contributed by atoms with Gasteiger partial charge in [0.25, 0.3) is 0 Å². The molecule has 1 aliphatic rings. The van der Waals surface area contributed by atoms with Crippen molar-refractivity contribution in [3.63, 3.8) is 0 Å². The quantitative estimate of drug-likeness (QED) is 0.810. The van der Waals surface area contributed by atoms with Crippen molar-refractivity contribution in [3.8, 4) is 5.75 Å². The Hall–Kier alpha value is -1.59. The van der Waals surface area contributed by atoms with Gasteiger partial charge in [0, 0.05) is 6.04 Å². The molecule has 2 rings (SSSR count). The summed E-state index contributed by atoms with van der Waals surface area (Å²) in [6, 6.07) is 5.66. The number of methoxy groups -OCH3 is 1. The molecule has 0 saturated carbocycles. The molecule has 0 spiro atoms. The fourth-order valence-electron chi connectivity index (χ4n) is 2.32. The molecule has 0 saturated heterocycles. The Morgan fingerprint density at radius 3 is 2.95 bits per heavy atom. The molecule has 1 aliphatic carbocycles. The van der Waals surface area contributed by atoms with E-state index in [-0.39, 0.29) is 24.7 Å². The summed E-state index contributed by atoms with van der Waals surface area (Å²) in [5, 5.41) is 0. The number of benzene rings is 1. The van der Waals surface area contributed by atoms with Crippen LogP contribution in [0.4, 0.5) is 0 Å². The van der Waals surface area contributed by atoms with Gasteiger partial charge in [-0.2, -0.15) is 0 Å².